The van der Waals surface area contributed by atoms with Gasteiger partial charge in [0.15, 0.2) is 11.5 Å². The summed E-state index contributed by atoms with van der Waals surface area (Å²) in [5.74, 6) is 2.68. The lowest BCUT2D eigenvalue weighted by molar-refractivity contribution is -0.118. The summed E-state index contributed by atoms with van der Waals surface area (Å²) in [6.07, 6.45) is 3.35. The molecule has 146 valence electrons. The van der Waals surface area contributed by atoms with Gasteiger partial charge in [0.25, 0.3) is 0 Å². The van der Waals surface area contributed by atoms with Crippen LogP contribution < -0.4 is 19.5 Å². The van der Waals surface area contributed by atoms with Crippen LogP contribution in [-0.4, -0.2) is 24.8 Å². The number of rotatable bonds is 5. The Kier molecular flexibility index (Phi) is 4.12. The first-order valence-corrected chi connectivity index (χ1v) is 9.51. The molecule has 6 nitrogen and oxygen atoms in total. The van der Waals surface area contributed by atoms with Crippen molar-refractivity contribution in [3.05, 3.63) is 66.4 Å². The fourth-order valence-electron chi connectivity index (χ4n) is 3.71. The summed E-state index contributed by atoms with van der Waals surface area (Å²) in [5, 5.41) is 2.96. The average molecular weight is 388 g/mol. The molecular weight excluding hydrogens is 368 g/mol. The van der Waals surface area contributed by atoms with E-state index in [0.29, 0.717) is 11.6 Å². The number of amides is 1. The van der Waals surface area contributed by atoms with Crippen LogP contribution in [0.25, 0.3) is 11.1 Å². The summed E-state index contributed by atoms with van der Waals surface area (Å²) in [6.45, 7) is 0.223. The van der Waals surface area contributed by atoms with Gasteiger partial charge >= 0.3 is 0 Å². The summed E-state index contributed by atoms with van der Waals surface area (Å²) in [6, 6.07) is 17.2. The van der Waals surface area contributed by atoms with E-state index in [2.05, 4.69) is 10.3 Å². The van der Waals surface area contributed by atoms with Crippen LogP contribution in [0.1, 0.15) is 18.4 Å². The van der Waals surface area contributed by atoms with Crippen LogP contribution in [0.4, 0.5) is 5.82 Å². The fourth-order valence-corrected chi connectivity index (χ4v) is 3.71. The largest absolute Gasteiger partial charge is 0.496 e. The predicted octanol–water partition coefficient (Wildman–Crippen LogP) is 4.16. The molecule has 0 spiro atoms. The van der Waals surface area contributed by atoms with E-state index < -0.39 is 5.41 Å². The Hall–Kier alpha value is -3.54. The standard InChI is InChI=1S/C23H20N2O4/c1-27-18-5-3-2-4-17(18)15-6-9-21(24-13-15)25-22(26)23(10-11-23)16-7-8-19-20(12-16)29-14-28-19/h2-9,12-13H,10-11,14H2,1H3,(H,24,25,26). The highest BCUT2D eigenvalue weighted by Crippen LogP contribution is 2.51. The van der Waals surface area contributed by atoms with E-state index in [1.807, 2.05) is 54.6 Å². The Morgan fingerprint density at radius 2 is 1.90 bits per heavy atom. The van der Waals surface area contributed by atoms with Crippen molar-refractivity contribution in [1.82, 2.24) is 4.98 Å². The number of carbonyl (C=O) groups excluding carboxylic acids is 1. The highest BCUT2D eigenvalue weighted by Gasteiger charge is 2.51. The molecule has 1 fully saturated rings. The van der Waals surface area contributed by atoms with Crippen LogP contribution in [0.3, 0.4) is 0 Å². The van der Waals surface area contributed by atoms with E-state index in [9.17, 15) is 4.79 Å². The number of methoxy groups -OCH3 is 1. The number of para-hydroxylation sites is 1. The van der Waals surface area contributed by atoms with E-state index in [1.54, 1.807) is 13.3 Å². The van der Waals surface area contributed by atoms with Gasteiger partial charge in [0, 0.05) is 17.3 Å². The van der Waals surface area contributed by atoms with E-state index in [0.717, 1.165) is 41.0 Å². The third kappa shape index (κ3) is 3.06. The van der Waals surface area contributed by atoms with Gasteiger partial charge < -0.3 is 19.5 Å². The number of hydrogen-bond donors (Lipinski definition) is 1. The average Bonchev–Trinajstić information content (AvgIpc) is 3.45. The van der Waals surface area contributed by atoms with Crippen LogP contribution in [0.15, 0.2) is 60.8 Å². The lowest BCUT2D eigenvalue weighted by Crippen LogP contribution is -2.28. The summed E-state index contributed by atoms with van der Waals surface area (Å²) in [7, 11) is 1.64. The minimum absolute atomic E-state index is 0.0473. The van der Waals surface area contributed by atoms with Crippen molar-refractivity contribution < 1.29 is 19.0 Å². The van der Waals surface area contributed by atoms with Crippen molar-refractivity contribution in [3.63, 3.8) is 0 Å². The number of carbonyl (C=O) groups is 1. The highest BCUT2D eigenvalue weighted by atomic mass is 16.7. The SMILES string of the molecule is COc1ccccc1-c1ccc(NC(=O)C2(c3ccc4c(c3)OCO4)CC2)nc1. The van der Waals surface area contributed by atoms with Crippen molar-refractivity contribution in [1.29, 1.82) is 0 Å². The van der Waals surface area contributed by atoms with Crippen molar-refractivity contribution in [2.75, 3.05) is 19.2 Å². The summed E-state index contributed by atoms with van der Waals surface area (Å²) < 4.78 is 16.2. The number of aromatic nitrogens is 1. The summed E-state index contributed by atoms with van der Waals surface area (Å²) in [4.78, 5) is 17.4. The Morgan fingerprint density at radius 3 is 2.66 bits per heavy atom. The van der Waals surface area contributed by atoms with Crippen LogP contribution in [0.5, 0.6) is 17.2 Å². The highest BCUT2D eigenvalue weighted by molar-refractivity contribution is 6.01. The summed E-state index contributed by atoms with van der Waals surface area (Å²) >= 11 is 0. The number of nitrogens with zero attached hydrogens (tertiary/aromatic N) is 1. The van der Waals surface area contributed by atoms with Gasteiger partial charge in [-0.3, -0.25) is 4.79 Å². The van der Waals surface area contributed by atoms with Gasteiger partial charge in [-0.1, -0.05) is 24.3 Å². The first-order valence-electron chi connectivity index (χ1n) is 9.51. The minimum atomic E-state index is -0.524. The Morgan fingerprint density at radius 1 is 1.07 bits per heavy atom. The second kappa shape index (κ2) is 6.81. The smallest absolute Gasteiger partial charge is 0.236 e. The molecule has 6 heteroatoms. The van der Waals surface area contributed by atoms with Crippen LogP contribution >= 0.6 is 0 Å². The maximum Gasteiger partial charge on any atom is 0.236 e. The van der Waals surface area contributed by atoms with Crippen LogP contribution in [0, 0.1) is 0 Å². The molecule has 2 aliphatic rings. The molecule has 0 bridgehead atoms. The zero-order chi connectivity index (χ0) is 19.8. The molecule has 1 aliphatic carbocycles. The van der Waals surface area contributed by atoms with E-state index in [1.165, 1.54) is 0 Å². The van der Waals surface area contributed by atoms with Crippen LogP contribution in [0.2, 0.25) is 0 Å². The zero-order valence-corrected chi connectivity index (χ0v) is 16.0. The normalized spacial score (nSPS) is 15.6. The van der Waals surface area contributed by atoms with Crippen molar-refractivity contribution in [2.45, 2.75) is 18.3 Å². The third-order valence-corrected chi connectivity index (χ3v) is 5.53. The molecule has 1 amide bonds. The van der Waals surface area contributed by atoms with Crippen molar-refractivity contribution >= 4 is 11.7 Å². The fraction of sp³-hybridized carbons (Fsp3) is 0.217. The number of pyridine rings is 1. The first kappa shape index (κ1) is 17.6. The van der Waals surface area contributed by atoms with Gasteiger partial charge in [-0.25, -0.2) is 4.98 Å². The Balaban J connectivity index is 1.35. The van der Waals surface area contributed by atoms with Gasteiger partial charge in [0.05, 0.1) is 12.5 Å². The van der Waals surface area contributed by atoms with E-state index in [-0.39, 0.29) is 12.7 Å². The third-order valence-electron chi connectivity index (χ3n) is 5.53. The number of nitrogens with one attached hydrogen (secondary N) is 1. The van der Waals surface area contributed by atoms with E-state index in [4.69, 9.17) is 14.2 Å². The topological polar surface area (TPSA) is 69.7 Å². The zero-order valence-electron chi connectivity index (χ0n) is 16.0. The molecule has 2 heterocycles. The first-order chi connectivity index (χ1) is 14.2. The molecule has 0 unspecified atom stereocenters. The van der Waals surface area contributed by atoms with Gasteiger partial charge in [-0.2, -0.15) is 0 Å². The molecule has 0 atom stereocenters. The number of anilines is 1. The molecule has 5 rings (SSSR count). The van der Waals surface area contributed by atoms with Gasteiger partial charge in [-0.05, 0) is 48.7 Å². The van der Waals surface area contributed by atoms with Crippen molar-refractivity contribution in [3.8, 4) is 28.4 Å². The number of fused-ring (bicyclic) bond motifs is 1. The number of ether oxygens (including phenoxy) is 3. The molecule has 1 aliphatic heterocycles. The van der Waals surface area contributed by atoms with Gasteiger partial charge in [0.1, 0.15) is 11.6 Å². The number of hydrogen-bond acceptors (Lipinski definition) is 5. The second-order valence-corrected chi connectivity index (χ2v) is 7.24. The monoisotopic (exact) mass is 388 g/mol. The number of benzene rings is 2. The maximum absolute atomic E-state index is 13.0. The molecule has 1 aromatic heterocycles. The van der Waals surface area contributed by atoms with E-state index >= 15 is 0 Å². The minimum Gasteiger partial charge on any atom is -0.496 e. The van der Waals surface area contributed by atoms with Crippen LogP contribution in [-0.2, 0) is 10.2 Å². The van der Waals surface area contributed by atoms with Crippen molar-refractivity contribution in [2.24, 2.45) is 0 Å². The molecule has 29 heavy (non-hydrogen) atoms. The second-order valence-electron chi connectivity index (χ2n) is 7.24. The molecule has 1 N–H and O–H groups in total. The Labute approximate surface area is 168 Å². The van der Waals surface area contributed by atoms with Gasteiger partial charge in [-0.15, -0.1) is 0 Å². The lowest BCUT2D eigenvalue weighted by atomic mass is 9.94. The molecule has 0 saturated heterocycles. The maximum atomic E-state index is 13.0. The molecular formula is C23H20N2O4. The quantitative estimate of drug-likeness (QED) is 0.711. The molecule has 3 aromatic rings. The molecule has 0 radical (unpaired) electrons. The molecule has 2 aromatic carbocycles. The lowest BCUT2D eigenvalue weighted by Gasteiger charge is -2.16. The molecule has 1 saturated carbocycles. The predicted molar refractivity (Wildman–Crippen MR) is 108 cm³/mol. The van der Waals surface area contributed by atoms with Gasteiger partial charge in [0.2, 0.25) is 12.7 Å². The Bertz CT molecular complexity index is 1070. The summed E-state index contributed by atoms with van der Waals surface area (Å²) in [5.41, 5.74) is 2.31.